The third-order valence-corrected chi connectivity index (χ3v) is 5.25. The Labute approximate surface area is 147 Å². The van der Waals surface area contributed by atoms with E-state index >= 15 is 0 Å². The Bertz CT molecular complexity index is 606. The van der Waals surface area contributed by atoms with E-state index in [1.165, 1.54) is 6.42 Å². The van der Waals surface area contributed by atoms with Crippen LogP contribution < -0.4 is 0 Å². The third-order valence-electron chi connectivity index (χ3n) is 5.25. The summed E-state index contributed by atoms with van der Waals surface area (Å²) >= 11 is 0. The van der Waals surface area contributed by atoms with Gasteiger partial charge >= 0.3 is 5.97 Å². The maximum absolute atomic E-state index is 12.3. The van der Waals surface area contributed by atoms with Crippen LogP contribution in [0.5, 0.6) is 0 Å². The number of carbonyl (C=O) groups is 2. The van der Waals surface area contributed by atoms with Gasteiger partial charge in [0.1, 0.15) is 0 Å². The maximum Gasteiger partial charge on any atom is 0.306 e. The molecule has 1 aliphatic carbocycles. The molecule has 0 bridgehead atoms. The predicted molar refractivity (Wildman–Crippen MR) is 88.8 cm³/mol. The molecule has 1 saturated heterocycles. The number of hydrogen-bond donors (Lipinski definition) is 1. The normalized spacial score (nSPS) is 19.2. The van der Waals surface area contributed by atoms with Crippen LogP contribution in [0.15, 0.2) is 4.52 Å². The van der Waals surface area contributed by atoms with Crippen molar-refractivity contribution in [1.82, 2.24) is 19.9 Å². The van der Waals surface area contributed by atoms with Crippen molar-refractivity contribution < 1.29 is 19.2 Å². The summed E-state index contributed by atoms with van der Waals surface area (Å²) in [6.07, 6.45) is 5.00. The van der Waals surface area contributed by atoms with Crippen LogP contribution in [0.4, 0.5) is 0 Å². The van der Waals surface area contributed by atoms with Gasteiger partial charge in [0.05, 0.1) is 12.5 Å². The first-order valence-electron chi connectivity index (χ1n) is 9.04. The van der Waals surface area contributed by atoms with Crippen LogP contribution in [0, 0.1) is 5.92 Å². The van der Waals surface area contributed by atoms with Crippen molar-refractivity contribution in [2.75, 3.05) is 26.7 Å². The molecule has 1 aromatic rings. The molecule has 0 unspecified atom stereocenters. The number of aromatic nitrogens is 2. The van der Waals surface area contributed by atoms with Crippen LogP contribution >= 0.6 is 0 Å². The summed E-state index contributed by atoms with van der Waals surface area (Å²) in [5, 5.41) is 13.0. The van der Waals surface area contributed by atoms with Crippen molar-refractivity contribution in [2.24, 2.45) is 5.92 Å². The minimum atomic E-state index is -0.756. The van der Waals surface area contributed by atoms with E-state index in [1.807, 2.05) is 11.9 Å². The molecule has 1 aromatic heterocycles. The first kappa shape index (κ1) is 17.8. The first-order chi connectivity index (χ1) is 12.0. The molecule has 2 fully saturated rings. The molecule has 25 heavy (non-hydrogen) atoms. The Morgan fingerprint density at radius 1 is 1.28 bits per heavy atom. The number of amides is 1. The zero-order chi connectivity index (χ0) is 17.8. The number of nitrogens with zero attached hydrogens (tertiary/aromatic N) is 4. The lowest BCUT2D eigenvalue weighted by Crippen LogP contribution is -2.41. The molecule has 0 aromatic carbocycles. The smallest absolute Gasteiger partial charge is 0.306 e. The Morgan fingerprint density at radius 2 is 2.00 bits per heavy atom. The van der Waals surface area contributed by atoms with Crippen molar-refractivity contribution >= 4 is 11.9 Å². The number of carbonyl (C=O) groups excluding carboxylic acids is 1. The molecule has 1 saturated carbocycles. The fraction of sp³-hybridized carbons (Fsp3) is 0.765. The Balaban J connectivity index is 1.38. The zero-order valence-electron chi connectivity index (χ0n) is 14.7. The van der Waals surface area contributed by atoms with Gasteiger partial charge < -0.3 is 14.5 Å². The van der Waals surface area contributed by atoms with E-state index in [9.17, 15) is 9.59 Å². The van der Waals surface area contributed by atoms with Gasteiger partial charge in [0.25, 0.3) is 0 Å². The third kappa shape index (κ3) is 4.56. The summed E-state index contributed by atoms with van der Waals surface area (Å²) in [7, 11) is 1.93. The minimum absolute atomic E-state index is 0.0824. The Hall–Kier alpha value is -1.96. The number of aliphatic carboxylic acids is 1. The van der Waals surface area contributed by atoms with Gasteiger partial charge in [-0.05, 0) is 32.7 Å². The molecule has 0 radical (unpaired) electrons. The quantitative estimate of drug-likeness (QED) is 0.795. The highest BCUT2D eigenvalue weighted by Gasteiger charge is 2.27. The van der Waals surface area contributed by atoms with Gasteiger partial charge in [-0.3, -0.25) is 14.5 Å². The van der Waals surface area contributed by atoms with E-state index in [0.29, 0.717) is 57.2 Å². The highest BCUT2D eigenvalue weighted by molar-refractivity contribution is 5.77. The summed E-state index contributed by atoms with van der Waals surface area (Å²) in [4.78, 5) is 31.5. The Kier molecular flexibility index (Phi) is 5.67. The maximum atomic E-state index is 12.3. The van der Waals surface area contributed by atoms with Crippen molar-refractivity contribution in [3.8, 4) is 0 Å². The highest BCUT2D eigenvalue weighted by atomic mass is 16.5. The summed E-state index contributed by atoms with van der Waals surface area (Å²) in [6.45, 7) is 2.25. The van der Waals surface area contributed by atoms with Gasteiger partial charge in [0.2, 0.25) is 11.8 Å². The highest BCUT2D eigenvalue weighted by Crippen LogP contribution is 2.35. The number of carboxylic acid groups (broad SMARTS) is 1. The molecule has 8 heteroatoms. The van der Waals surface area contributed by atoms with Crippen LogP contribution in [-0.4, -0.2) is 63.6 Å². The molecule has 1 amide bonds. The summed E-state index contributed by atoms with van der Waals surface area (Å²) in [5.41, 5.74) is 0. The number of rotatable bonds is 7. The second kappa shape index (κ2) is 7.95. The zero-order valence-corrected chi connectivity index (χ0v) is 14.7. The molecule has 1 N–H and O–H groups in total. The van der Waals surface area contributed by atoms with Crippen LogP contribution in [0.25, 0.3) is 0 Å². The van der Waals surface area contributed by atoms with Crippen molar-refractivity contribution in [3.63, 3.8) is 0 Å². The molecule has 8 nitrogen and oxygen atoms in total. The summed E-state index contributed by atoms with van der Waals surface area (Å²) in [5.74, 6) is 0.856. The predicted octanol–water partition coefficient (Wildman–Crippen LogP) is 1.48. The van der Waals surface area contributed by atoms with Crippen molar-refractivity contribution in [1.29, 1.82) is 0 Å². The molecule has 0 atom stereocenters. The van der Waals surface area contributed by atoms with Crippen molar-refractivity contribution in [3.05, 3.63) is 11.7 Å². The lowest BCUT2D eigenvalue weighted by atomic mass is 9.85. The van der Waals surface area contributed by atoms with Gasteiger partial charge in [-0.1, -0.05) is 11.6 Å². The van der Waals surface area contributed by atoms with E-state index in [2.05, 4.69) is 10.1 Å². The van der Waals surface area contributed by atoms with E-state index in [4.69, 9.17) is 9.63 Å². The summed E-state index contributed by atoms with van der Waals surface area (Å²) in [6, 6.07) is 0. The fourth-order valence-corrected chi connectivity index (χ4v) is 3.29. The number of carboxylic acids is 1. The topological polar surface area (TPSA) is 99.8 Å². The van der Waals surface area contributed by atoms with Crippen LogP contribution in [0.1, 0.15) is 56.2 Å². The number of likely N-dealkylation sites (tertiary alicyclic amines) is 1. The lowest BCUT2D eigenvalue weighted by molar-refractivity contribution is -0.145. The average Bonchev–Trinajstić information content (AvgIpc) is 2.98. The van der Waals surface area contributed by atoms with Crippen LogP contribution in [0.2, 0.25) is 0 Å². The van der Waals surface area contributed by atoms with Gasteiger partial charge in [0, 0.05) is 32.0 Å². The van der Waals surface area contributed by atoms with Gasteiger partial charge in [0.15, 0.2) is 5.82 Å². The van der Waals surface area contributed by atoms with E-state index in [1.54, 1.807) is 4.90 Å². The fourth-order valence-electron chi connectivity index (χ4n) is 3.29. The standard InChI is InChI=1S/C17H26N4O4/c1-20(11-14-18-16(25-19-14)12-3-2-4-12)8-7-15(22)21-9-5-13(6-10-21)17(23)24/h12-13H,2-11H2,1H3,(H,23,24). The Morgan fingerprint density at radius 3 is 2.60 bits per heavy atom. The van der Waals surface area contributed by atoms with Gasteiger partial charge in [-0.15, -0.1) is 0 Å². The average molecular weight is 350 g/mol. The SMILES string of the molecule is CN(CCC(=O)N1CCC(C(=O)O)CC1)Cc1noc(C2CCC2)n1. The minimum Gasteiger partial charge on any atom is -0.481 e. The molecule has 2 heterocycles. The molecule has 1 aliphatic heterocycles. The molecular formula is C17H26N4O4. The molecule has 2 aliphatic rings. The largest absolute Gasteiger partial charge is 0.481 e. The van der Waals surface area contributed by atoms with E-state index in [0.717, 1.165) is 18.7 Å². The monoisotopic (exact) mass is 350 g/mol. The van der Waals surface area contributed by atoms with Gasteiger partial charge in [-0.2, -0.15) is 4.98 Å². The van der Waals surface area contributed by atoms with E-state index in [-0.39, 0.29) is 11.8 Å². The number of hydrogen-bond acceptors (Lipinski definition) is 6. The number of piperidine rings is 1. The van der Waals surface area contributed by atoms with Gasteiger partial charge in [-0.25, -0.2) is 0 Å². The van der Waals surface area contributed by atoms with Crippen LogP contribution in [-0.2, 0) is 16.1 Å². The first-order valence-corrected chi connectivity index (χ1v) is 9.04. The molecule has 138 valence electrons. The lowest BCUT2D eigenvalue weighted by Gasteiger charge is -2.30. The summed E-state index contributed by atoms with van der Waals surface area (Å²) < 4.78 is 5.31. The molecule has 3 rings (SSSR count). The second-order valence-corrected chi connectivity index (χ2v) is 7.16. The molecule has 0 spiro atoms. The second-order valence-electron chi connectivity index (χ2n) is 7.16. The van der Waals surface area contributed by atoms with Crippen LogP contribution in [0.3, 0.4) is 0 Å². The van der Waals surface area contributed by atoms with Crippen molar-refractivity contribution in [2.45, 2.75) is 51.0 Å². The van der Waals surface area contributed by atoms with E-state index < -0.39 is 5.97 Å². The molecular weight excluding hydrogens is 324 g/mol.